The van der Waals surface area contributed by atoms with Crippen molar-refractivity contribution in [3.63, 3.8) is 0 Å². The van der Waals surface area contributed by atoms with Crippen molar-refractivity contribution in [2.75, 3.05) is 6.61 Å². The lowest BCUT2D eigenvalue weighted by atomic mass is 9.96. The number of nitrogens with one attached hydrogen (secondary N) is 2. The summed E-state index contributed by atoms with van der Waals surface area (Å²) < 4.78 is 6.10. The first kappa shape index (κ1) is 15.6. The fraction of sp³-hybridized carbons (Fsp3) is 0.333. The molecule has 0 radical (unpaired) electrons. The zero-order valence-electron chi connectivity index (χ0n) is 11.9. The summed E-state index contributed by atoms with van der Waals surface area (Å²) >= 11 is 3.40. The van der Waals surface area contributed by atoms with Crippen molar-refractivity contribution in [1.29, 1.82) is 0 Å². The summed E-state index contributed by atoms with van der Waals surface area (Å²) in [4.78, 5) is 24.0. The van der Waals surface area contributed by atoms with Crippen LogP contribution in [0, 0.1) is 0 Å². The molecule has 0 bridgehead atoms. The maximum Gasteiger partial charge on any atom is 0.338 e. The molecule has 1 aromatic carbocycles. The minimum atomic E-state index is -0.513. The van der Waals surface area contributed by atoms with Gasteiger partial charge in [0.15, 0.2) is 0 Å². The summed E-state index contributed by atoms with van der Waals surface area (Å²) in [6, 6.07) is 6.64. The van der Waals surface area contributed by atoms with Crippen LogP contribution in [-0.2, 0) is 9.53 Å². The molecule has 1 atom stereocenters. The molecule has 2 amide bonds. The molecule has 1 aliphatic rings. The Balaban J connectivity index is 2.38. The summed E-state index contributed by atoms with van der Waals surface area (Å²) in [6.45, 7) is 3.99. The van der Waals surface area contributed by atoms with E-state index in [-0.39, 0.29) is 6.03 Å². The van der Waals surface area contributed by atoms with Gasteiger partial charge in [0.05, 0.1) is 18.2 Å². The van der Waals surface area contributed by atoms with Gasteiger partial charge in [0.1, 0.15) is 0 Å². The first-order valence-electron chi connectivity index (χ1n) is 6.73. The number of urea groups is 1. The Morgan fingerprint density at radius 3 is 2.86 bits per heavy atom. The second-order valence-corrected chi connectivity index (χ2v) is 5.68. The predicted molar refractivity (Wildman–Crippen MR) is 82.5 cm³/mol. The topological polar surface area (TPSA) is 67.4 Å². The maximum atomic E-state index is 12.3. The van der Waals surface area contributed by atoms with E-state index in [9.17, 15) is 9.59 Å². The molecule has 6 heteroatoms. The molecule has 0 spiro atoms. The molecular weight excluding hydrogens is 336 g/mol. The van der Waals surface area contributed by atoms with E-state index < -0.39 is 12.0 Å². The van der Waals surface area contributed by atoms with Crippen molar-refractivity contribution in [3.05, 3.63) is 45.6 Å². The number of rotatable bonds is 4. The van der Waals surface area contributed by atoms with Crippen LogP contribution in [-0.4, -0.2) is 18.6 Å². The van der Waals surface area contributed by atoms with Crippen LogP contribution in [0.15, 0.2) is 40.0 Å². The van der Waals surface area contributed by atoms with Crippen molar-refractivity contribution in [3.8, 4) is 0 Å². The van der Waals surface area contributed by atoms with Crippen molar-refractivity contribution >= 4 is 27.9 Å². The highest BCUT2D eigenvalue weighted by Crippen LogP contribution is 2.29. The highest BCUT2D eigenvalue weighted by atomic mass is 79.9. The van der Waals surface area contributed by atoms with Crippen LogP contribution >= 0.6 is 15.9 Å². The summed E-state index contributed by atoms with van der Waals surface area (Å²) in [5, 5.41) is 5.39. The third kappa shape index (κ3) is 3.64. The van der Waals surface area contributed by atoms with Gasteiger partial charge in [-0.15, -0.1) is 0 Å². The van der Waals surface area contributed by atoms with Crippen molar-refractivity contribution in [2.24, 2.45) is 0 Å². The average Bonchev–Trinajstić information content (AvgIpc) is 2.44. The van der Waals surface area contributed by atoms with Gasteiger partial charge in [-0.25, -0.2) is 9.59 Å². The Hall–Kier alpha value is -1.82. The van der Waals surface area contributed by atoms with Gasteiger partial charge in [0.25, 0.3) is 0 Å². The van der Waals surface area contributed by atoms with E-state index in [4.69, 9.17) is 4.74 Å². The average molecular weight is 353 g/mol. The molecular formula is C15H17BrN2O3. The van der Waals surface area contributed by atoms with Gasteiger partial charge in [0.2, 0.25) is 0 Å². The zero-order chi connectivity index (χ0) is 15.4. The molecule has 1 aromatic rings. The highest BCUT2D eigenvalue weighted by molar-refractivity contribution is 9.10. The van der Waals surface area contributed by atoms with Crippen LogP contribution in [0.4, 0.5) is 4.79 Å². The second-order valence-electron chi connectivity index (χ2n) is 4.76. The standard InChI is InChI=1S/C15H17BrN2O3/c1-3-7-21-14(19)12-9(2)17-15(20)18-13(12)10-5-4-6-11(16)8-10/h4-6,8,13H,3,7H2,1-2H3,(H2,17,18,20)/t13-/m1/s1. The molecule has 2 N–H and O–H groups in total. The van der Waals surface area contributed by atoms with E-state index in [0.29, 0.717) is 17.9 Å². The van der Waals surface area contributed by atoms with Gasteiger partial charge in [-0.3, -0.25) is 0 Å². The Morgan fingerprint density at radius 1 is 1.43 bits per heavy atom. The van der Waals surface area contributed by atoms with E-state index in [2.05, 4.69) is 26.6 Å². The first-order chi connectivity index (χ1) is 10.0. The highest BCUT2D eigenvalue weighted by Gasteiger charge is 2.32. The van der Waals surface area contributed by atoms with Crippen LogP contribution in [0.25, 0.3) is 0 Å². The normalized spacial score (nSPS) is 18.0. The number of benzene rings is 1. The molecule has 0 aromatic heterocycles. The van der Waals surface area contributed by atoms with E-state index in [1.54, 1.807) is 6.92 Å². The molecule has 2 rings (SSSR count). The fourth-order valence-corrected chi connectivity index (χ4v) is 2.59. The number of halogens is 1. The third-order valence-electron chi connectivity index (χ3n) is 3.11. The molecule has 112 valence electrons. The van der Waals surface area contributed by atoms with Crippen molar-refractivity contribution < 1.29 is 14.3 Å². The van der Waals surface area contributed by atoms with Gasteiger partial charge in [-0.1, -0.05) is 35.0 Å². The number of carbonyl (C=O) groups is 2. The summed E-state index contributed by atoms with van der Waals surface area (Å²) in [6.07, 6.45) is 0.749. The van der Waals surface area contributed by atoms with Crippen LogP contribution in [0.1, 0.15) is 31.9 Å². The quantitative estimate of drug-likeness (QED) is 0.818. The van der Waals surface area contributed by atoms with Crippen LogP contribution in [0.3, 0.4) is 0 Å². The number of hydrogen-bond donors (Lipinski definition) is 2. The van der Waals surface area contributed by atoms with Gasteiger partial charge >= 0.3 is 12.0 Å². The van der Waals surface area contributed by atoms with Gasteiger partial charge < -0.3 is 15.4 Å². The maximum absolute atomic E-state index is 12.3. The molecule has 0 fully saturated rings. The van der Waals surface area contributed by atoms with E-state index in [1.807, 2.05) is 31.2 Å². The lowest BCUT2D eigenvalue weighted by molar-refractivity contribution is -0.139. The van der Waals surface area contributed by atoms with E-state index in [1.165, 1.54) is 0 Å². The molecule has 0 unspecified atom stereocenters. The zero-order valence-corrected chi connectivity index (χ0v) is 13.5. The number of ether oxygens (including phenoxy) is 1. The number of allylic oxidation sites excluding steroid dienone is 1. The van der Waals surface area contributed by atoms with Crippen LogP contribution in [0.5, 0.6) is 0 Å². The predicted octanol–water partition coefficient (Wildman–Crippen LogP) is 3.03. The Bertz CT molecular complexity index is 598. The van der Waals surface area contributed by atoms with E-state index in [0.717, 1.165) is 16.5 Å². The monoisotopic (exact) mass is 352 g/mol. The third-order valence-corrected chi connectivity index (χ3v) is 3.60. The Labute approximate surface area is 131 Å². The summed E-state index contributed by atoms with van der Waals surface area (Å²) in [5.41, 5.74) is 1.77. The van der Waals surface area contributed by atoms with Gasteiger partial charge in [-0.2, -0.15) is 0 Å². The largest absolute Gasteiger partial charge is 0.462 e. The molecule has 0 saturated carbocycles. The lowest BCUT2D eigenvalue weighted by Crippen LogP contribution is -2.45. The smallest absolute Gasteiger partial charge is 0.338 e. The van der Waals surface area contributed by atoms with Gasteiger partial charge in [-0.05, 0) is 31.0 Å². The minimum Gasteiger partial charge on any atom is -0.462 e. The molecule has 5 nitrogen and oxygen atoms in total. The van der Waals surface area contributed by atoms with Crippen LogP contribution in [0.2, 0.25) is 0 Å². The van der Waals surface area contributed by atoms with Gasteiger partial charge in [0, 0.05) is 10.2 Å². The number of esters is 1. The second kappa shape index (κ2) is 6.76. The molecule has 21 heavy (non-hydrogen) atoms. The van der Waals surface area contributed by atoms with Crippen molar-refractivity contribution in [2.45, 2.75) is 26.3 Å². The molecule has 0 aliphatic carbocycles. The van der Waals surface area contributed by atoms with E-state index >= 15 is 0 Å². The number of amides is 2. The van der Waals surface area contributed by atoms with Crippen molar-refractivity contribution in [1.82, 2.24) is 10.6 Å². The Morgan fingerprint density at radius 2 is 2.19 bits per heavy atom. The SMILES string of the molecule is CCCOC(=O)C1=C(C)NC(=O)N[C@@H]1c1cccc(Br)c1. The summed E-state index contributed by atoms with van der Waals surface area (Å²) in [5.74, 6) is -0.410. The minimum absolute atomic E-state index is 0.329. The molecule has 0 saturated heterocycles. The summed E-state index contributed by atoms with van der Waals surface area (Å²) in [7, 11) is 0. The number of carbonyl (C=O) groups excluding carboxylic acids is 2. The number of hydrogen-bond acceptors (Lipinski definition) is 3. The lowest BCUT2D eigenvalue weighted by Gasteiger charge is -2.28. The molecule has 1 aliphatic heterocycles. The first-order valence-corrected chi connectivity index (χ1v) is 7.53. The van der Waals surface area contributed by atoms with Crippen LogP contribution < -0.4 is 10.6 Å². The Kier molecular flexibility index (Phi) is 5.01. The molecule has 1 heterocycles. The fourth-order valence-electron chi connectivity index (χ4n) is 2.17.